The first-order valence-electron chi connectivity index (χ1n) is 7.15. The maximum absolute atomic E-state index is 11.9. The summed E-state index contributed by atoms with van der Waals surface area (Å²) in [5, 5.41) is 3.49. The number of ketones is 1. The van der Waals surface area contributed by atoms with Crippen molar-refractivity contribution in [3.05, 3.63) is 28.8 Å². The quantitative estimate of drug-likeness (QED) is 0.892. The summed E-state index contributed by atoms with van der Waals surface area (Å²) in [6, 6.07) is 6.06. The molecule has 0 aliphatic rings. The summed E-state index contributed by atoms with van der Waals surface area (Å²) in [7, 11) is 0. The molecule has 0 fully saturated rings. The Balaban J connectivity index is 1.93. The van der Waals surface area contributed by atoms with Gasteiger partial charge in [0.1, 0.15) is 5.01 Å². The number of aromatic nitrogens is 1. The Morgan fingerprint density at radius 2 is 2.14 bits per heavy atom. The average molecular weight is 304 g/mol. The zero-order chi connectivity index (χ0) is 15.4. The second-order valence-electron chi connectivity index (χ2n) is 5.32. The molecule has 112 valence electrons. The summed E-state index contributed by atoms with van der Waals surface area (Å²) in [5.41, 5.74) is 2.11. The molecule has 21 heavy (non-hydrogen) atoms. The number of fused-ring (bicyclic) bond motifs is 1. The number of carbonyl (C=O) groups excluding carboxylic acids is 2. The van der Waals surface area contributed by atoms with Gasteiger partial charge in [-0.1, -0.05) is 19.9 Å². The predicted octanol–water partition coefficient (Wildman–Crippen LogP) is 2.88. The molecule has 0 saturated carbocycles. The molecule has 0 bridgehead atoms. The topological polar surface area (TPSA) is 59.1 Å². The van der Waals surface area contributed by atoms with E-state index in [0.717, 1.165) is 21.6 Å². The molecule has 1 aromatic carbocycles. The van der Waals surface area contributed by atoms with Crippen LogP contribution in [0.1, 0.15) is 30.8 Å². The van der Waals surface area contributed by atoms with Crippen LogP contribution in [-0.2, 0) is 16.0 Å². The number of amides is 1. The van der Waals surface area contributed by atoms with Gasteiger partial charge in [-0.05, 0) is 31.0 Å². The predicted molar refractivity (Wildman–Crippen MR) is 85.5 cm³/mol. The Hall–Kier alpha value is -1.75. The van der Waals surface area contributed by atoms with Crippen molar-refractivity contribution in [3.63, 3.8) is 0 Å². The lowest BCUT2D eigenvalue weighted by Crippen LogP contribution is -2.33. The van der Waals surface area contributed by atoms with Crippen LogP contribution in [0.3, 0.4) is 0 Å². The summed E-state index contributed by atoms with van der Waals surface area (Å²) in [6.07, 6.45) is 1.05. The number of thiazole rings is 1. The number of nitrogens with one attached hydrogen (secondary N) is 1. The Bertz CT molecular complexity index is 663. The van der Waals surface area contributed by atoms with Crippen molar-refractivity contribution in [2.45, 2.75) is 33.6 Å². The number of benzene rings is 1. The van der Waals surface area contributed by atoms with Gasteiger partial charge >= 0.3 is 0 Å². The van der Waals surface area contributed by atoms with Gasteiger partial charge < -0.3 is 5.32 Å². The van der Waals surface area contributed by atoms with E-state index in [0.29, 0.717) is 0 Å². The highest BCUT2D eigenvalue weighted by molar-refractivity contribution is 7.18. The third-order valence-electron chi connectivity index (χ3n) is 3.46. The maximum atomic E-state index is 11.9. The number of nitrogens with zero attached hydrogens (tertiary/aromatic N) is 1. The Kier molecular flexibility index (Phi) is 5.07. The van der Waals surface area contributed by atoms with E-state index in [2.05, 4.69) is 16.4 Å². The van der Waals surface area contributed by atoms with Gasteiger partial charge in [0.05, 0.1) is 23.2 Å². The molecule has 1 aromatic heterocycles. The minimum Gasteiger partial charge on any atom is -0.349 e. The molecule has 2 rings (SSSR count). The number of aryl methyl sites for hydroxylation is 1. The van der Waals surface area contributed by atoms with Gasteiger partial charge in [0.2, 0.25) is 5.91 Å². The van der Waals surface area contributed by atoms with E-state index in [1.54, 1.807) is 11.3 Å². The van der Waals surface area contributed by atoms with Gasteiger partial charge in [0.15, 0.2) is 5.78 Å². The van der Waals surface area contributed by atoms with Crippen molar-refractivity contribution in [2.75, 3.05) is 6.54 Å². The van der Waals surface area contributed by atoms with Crippen LogP contribution in [0.5, 0.6) is 0 Å². The minimum absolute atomic E-state index is 0.0116. The molecule has 1 atom stereocenters. The van der Waals surface area contributed by atoms with Gasteiger partial charge in [0, 0.05) is 5.92 Å². The summed E-state index contributed by atoms with van der Waals surface area (Å²) in [5.74, 6) is -0.128. The van der Waals surface area contributed by atoms with Crippen molar-refractivity contribution >= 4 is 33.2 Å². The summed E-state index contributed by atoms with van der Waals surface area (Å²) >= 11 is 1.54. The second kappa shape index (κ2) is 6.80. The fourth-order valence-electron chi connectivity index (χ4n) is 1.93. The third kappa shape index (κ3) is 4.11. The van der Waals surface area contributed by atoms with Crippen LogP contribution in [0.4, 0.5) is 0 Å². The van der Waals surface area contributed by atoms with Gasteiger partial charge in [-0.3, -0.25) is 9.59 Å². The van der Waals surface area contributed by atoms with Crippen LogP contribution in [0.15, 0.2) is 18.2 Å². The van der Waals surface area contributed by atoms with Crippen LogP contribution < -0.4 is 5.32 Å². The van der Waals surface area contributed by atoms with E-state index in [-0.39, 0.29) is 30.6 Å². The third-order valence-corrected chi connectivity index (χ3v) is 4.47. The van der Waals surface area contributed by atoms with E-state index >= 15 is 0 Å². The molecular formula is C16H20N2O2S. The molecule has 0 saturated heterocycles. The van der Waals surface area contributed by atoms with Gasteiger partial charge in [-0.15, -0.1) is 11.3 Å². The fourth-order valence-corrected chi connectivity index (χ4v) is 3.03. The molecule has 0 spiro atoms. The SMILES string of the molecule is CC[C@H](C)C(=O)NCC(=O)Cc1nc2ccc(C)cc2s1. The van der Waals surface area contributed by atoms with E-state index in [1.807, 2.05) is 32.9 Å². The molecule has 0 unspecified atom stereocenters. The van der Waals surface area contributed by atoms with E-state index < -0.39 is 0 Å². The summed E-state index contributed by atoms with van der Waals surface area (Å²) in [4.78, 5) is 28.0. The molecule has 2 aromatic rings. The highest BCUT2D eigenvalue weighted by Crippen LogP contribution is 2.23. The molecule has 0 radical (unpaired) electrons. The van der Waals surface area contributed by atoms with Crippen molar-refractivity contribution in [2.24, 2.45) is 5.92 Å². The van der Waals surface area contributed by atoms with E-state index in [1.165, 1.54) is 5.56 Å². The smallest absolute Gasteiger partial charge is 0.223 e. The molecule has 1 heterocycles. The van der Waals surface area contributed by atoms with Crippen molar-refractivity contribution in [1.82, 2.24) is 10.3 Å². The Morgan fingerprint density at radius 3 is 2.86 bits per heavy atom. The number of Topliss-reactive ketones (excluding diaryl/α,β-unsaturated/α-hetero) is 1. The average Bonchev–Trinajstić information content (AvgIpc) is 2.84. The highest BCUT2D eigenvalue weighted by Gasteiger charge is 2.13. The monoisotopic (exact) mass is 304 g/mol. The largest absolute Gasteiger partial charge is 0.349 e. The number of hydrogen-bond donors (Lipinski definition) is 1. The summed E-state index contributed by atoms with van der Waals surface area (Å²) < 4.78 is 1.10. The molecule has 4 nitrogen and oxygen atoms in total. The number of hydrogen-bond acceptors (Lipinski definition) is 4. The van der Waals surface area contributed by atoms with Crippen LogP contribution in [-0.4, -0.2) is 23.2 Å². The normalized spacial score (nSPS) is 12.3. The maximum Gasteiger partial charge on any atom is 0.223 e. The summed E-state index contributed by atoms with van der Waals surface area (Å²) in [6.45, 7) is 5.93. The van der Waals surface area contributed by atoms with Crippen LogP contribution >= 0.6 is 11.3 Å². The molecule has 0 aliphatic carbocycles. The van der Waals surface area contributed by atoms with E-state index in [4.69, 9.17) is 0 Å². The molecule has 0 aliphatic heterocycles. The first-order valence-corrected chi connectivity index (χ1v) is 7.96. The van der Waals surface area contributed by atoms with Crippen LogP contribution in [0.25, 0.3) is 10.2 Å². The number of carbonyl (C=O) groups is 2. The van der Waals surface area contributed by atoms with Crippen molar-refractivity contribution in [1.29, 1.82) is 0 Å². The zero-order valence-electron chi connectivity index (χ0n) is 12.6. The van der Waals surface area contributed by atoms with Gasteiger partial charge in [-0.25, -0.2) is 4.98 Å². The standard InChI is InChI=1S/C16H20N2O2S/c1-4-11(3)16(20)17-9-12(19)8-15-18-13-6-5-10(2)7-14(13)21-15/h5-7,11H,4,8-9H2,1-3H3,(H,17,20)/t11-/m0/s1. The lowest BCUT2D eigenvalue weighted by molar-refractivity contribution is -0.127. The molecule has 1 amide bonds. The van der Waals surface area contributed by atoms with Crippen molar-refractivity contribution < 1.29 is 9.59 Å². The molecule has 5 heteroatoms. The first-order chi connectivity index (χ1) is 9.99. The second-order valence-corrected chi connectivity index (χ2v) is 6.44. The lowest BCUT2D eigenvalue weighted by Gasteiger charge is -2.08. The van der Waals surface area contributed by atoms with E-state index in [9.17, 15) is 9.59 Å². The van der Waals surface area contributed by atoms with Crippen LogP contribution in [0, 0.1) is 12.8 Å². The van der Waals surface area contributed by atoms with Gasteiger partial charge in [0.25, 0.3) is 0 Å². The zero-order valence-corrected chi connectivity index (χ0v) is 13.4. The Morgan fingerprint density at radius 1 is 1.38 bits per heavy atom. The number of rotatable bonds is 6. The van der Waals surface area contributed by atoms with Gasteiger partial charge in [-0.2, -0.15) is 0 Å². The van der Waals surface area contributed by atoms with Crippen LogP contribution in [0.2, 0.25) is 0 Å². The van der Waals surface area contributed by atoms with Crippen molar-refractivity contribution in [3.8, 4) is 0 Å². The Labute approximate surface area is 128 Å². The minimum atomic E-state index is -0.0641. The fraction of sp³-hybridized carbons (Fsp3) is 0.438. The molecule has 1 N–H and O–H groups in total. The highest BCUT2D eigenvalue weighted by atomic mass is 32.1. The molecular weight excluding hydrogens is 284 g/mol. The first kappa shape index (κ1) is 15.6. The lowest BCUT2D eigenvalue weighted by atomic mass is 10.1.